The van der Waals surface area contributed by atoms with Gasteiger partial charge in [0.15, 0.2) is 0 Å². The van der Waals surface area contributed by atoms with Gasteiger partial charge < -0.3 is 0 Å². The Balaban J connectivity index is 2.54. The van der Waals surface area contributed by atoms with Crippen LogP contribution < -0.4 is 5.48 Å². The fourth-order valence-electron chi connectivity index (χ4n) is 0.600. The summed E-state index contributed by atoms with van der Waals surface area (Å²) < 4.78 is 0. The average Bonchev–Trinajstić information content (AvgIpc) is 2.15. The highest BCUT2D eigenvalue weighted by Crippen LogP contribution is 1.86. The molecule has 1 aromatic rings. The minimum atomic E-state index is -0.433. The van der Waals surface area contributed by atoms with E-state index in [1.165, 1.54) is 12.4 Å². The molecule has 1 heterocycles. The smallest absolute Gasteiger partial charge is 0.274 e. The molecule has 5 heteroatoms. The third-order valence-corrected chi connectivity index (χ3v) is 1.08. The minimum Gasteiger partial charge on any atom is -0.274 e. The lowest BCUT2D eigenvalue weighted by atomic mass is 10.5. The highest BCUT2D eigenvalue weighted by Gasteiger charge is 2.05. The van der Waals surface area contributed by atoms with Crippen LogP contribution >= 0.6 is 0 Å². The van der Waals surface area contributed by atoms with E-state index in [-0.39, 0.29) is 5.82 Å². The summed E-state index contributed by atoms with van der Waals surface area (Å²) >= 11 is 0. The molecule has 0 radical (unpaired) electrons. The van der Waals surface area contributed by atoms with Crippen molar-refractivity contribution < 1.29 is 9.63 Å². The summed E-state index contributed by atoms with van der Waals surface area (Å²) in [5.74, 6) is -0.330. The van der Waals surface area contributed by atoms with Crippen molar-refractivity contribution in [2.24, 2.45) is 0 Å². The number of nitrogens with zero attached hydrogens (tertiary/aromatic N) is 2. The molecular formula is C7H9N3O2. The van der Waals surface area contributed by atoms with Gasteiger partial charge in [0, 0.05) is 12.4 Å². The fraction of sp³-hybridized carbons (Fsp3) is 0.286. The molecule has 0 unspecified atom stereocenters. The second-order valence-corrected chi connectivity index (χ2v) is 1.94. The molecule has 1 rings (SSSR count). The number of hydrogen-bond acceptors (Lipinski definition) is 4. The van der Waals surface area contributed by atoms with Gasteiger partial charge in [0.1, 0.15) is 0 Å². The normalized spacial score (nSPS) is 9.42. The molecular weight excluding hydrogens is 158 g/mol. The second kappa shape index (κ2) is 4.40. The molecule has 0 spiro atoms. The van der Waals surface area contributed by atoms with Gasteiger partial charge in [-0.25, -0.2) is 15.4 Å². The molecule has 0 atom stereocenters. The number of nitrogens with one attached hydrogen (secondary N) is 1. The van der Waals surface area contributed by atoms with Crippen LogP contribution in [0.3, 0.4) is 0 Å². The van der Waals surface area contributed by atoms with E-state index in [0.717, 1.165) is 0 Å². The van der Waals surface area contributed by atoms with Crippen LogP contribution in [0.2, 0.25) is 0 Å². The third-order valence-electron chi connectivity index (χ3n) is 1.08. The first kappa shape index (κ1) is 8.61. The molecule has 0 saturated carbocycles. The number of carbonyl (C=O) groups excluding carboxylic acids is 1. The number of aromatic nitrogens is 2. The molecule has 0 aliphatic heterocycles. The summed E-state index contributed by atoms with van der Waals surface area (Å²) in [5, 5.41) is 0. The summed E-state index contributed by atoms with van der Waals surface area (Å²) in [6, 6.07) is 1.64. The van der Waals surface area contributed by atoms with Crippen molar-refractivity contribution in [2.45, 2.75) is 6.92 Å². The van der Waals surface area contributed by atoms with Crippen LogP contribution in [0.5, 0.6) is 0 Å². The maximum Gasteiger partial charge on any atom is 0.312 e. The first-order chi connectivity index (χ1) is 5.84. The molecule has 0 aliphatic rings. The number of hydrogen-bond donors (Lipinski definition) is 1. The van der Waals surface area contributed by atoms with Gasteiger partial charge in [-0.3, -0.25) is 9.63 Å². The molecule has 0 aliphatic carbocycles. The minimum absolute atomic E-state index is 0.103. The lowest BCUT2D eigenvalue weighted by Crippen LogP contribution is -2.25. The maximum atomic E-state index is 11.0. The summed E-state index contributed by atoms with van der Waals surface area (Å²) in [5.41, 5.74) is 2.18. The zero-order valence-corrected chi connectivity index (χ0v) is 6.65. The Morgan fingerprint density at radius 3 is 2.83 bits per heavy atom. The zero-order chi connectivity index (χ0) is 8.81. The number of carbonyl (C=O) groups is 1. The summed E-state index contributed by atoms with van der Waals surface area (Å²) in [6.45, 7) is 2.19. The summed E-state index contributed by atoms with van der Waals surface area (Å²) in [4.78, 5) is 23.2. The van der Waals surface area contributed by atoms with Gasteiger partial charge in [-0.2, -0.15) is 0 Å². The van der Waals surface area contributed by atoms with Crippen molar-refractivity contribution in [3.05, 3.63) is 24.3 Å². The molecule has 0 fully saturated rings. The fourth-order valence-corrected chi connectivity index (χ4v) is 0.600. The van der Waals surface area contributed by atoms with Crippen LogP contribution in [-0.2, 0) is 4.84 Å². The zero-order valence-electron chi connectivity index (χ0n) is 6.65. The van der Waals surface area contributed by atoms with E-state index in [0.29, 0.717) is 6.61 Å². The summed E-state index contributed by atoms with van der Waals surface area (Å²) in [6.07, 6.45) is 2.99. The van der Waals surface area contributed by atoms with E-state index in [4.69, 9.17) is 0 Å². The molecule has 1 aromatic heterocycles. The van der Waals surface area contributed by atoms with Crippen molar-refractivity contribution in [3.8, 4) is 0 Å². The largest absolute Gasteiger partial charge is 0.312 e. The van der Waals surface area contributed by atoms with Crippen molar-refractivity contribution in [1.82, 2.24) is 15.4 Å². The Bertz CT molecular complexity index is 250. The Morgan fingerprint density at radius 1 is 1.58 bits per heavy atom. The van der Waals surface area contributed by atoms with Crippen molar-refractivity contribution in [1.29, 1.82) is 0 Å². The van der Waals surface area contributed by atoms with Crippen LogP contribution in [0.1, 0.15) is 17.5 Å². The van der Waals surface area contributed by atoms with Gasteiger partial charge in [-0.05, 0) is 13.0 Å². The van der Waals surface area contributed by atoms with E-state index in [1.54, 1.807) is 13.0 Å². The van der Waals surface area contributed by atoms with Gasteiger partial charge in [-0.1, -0.05) is 0 Å². The predicted molar refractivity (Wildman–Crippen MR) is 41.1 cm³/mol. The first-order valence-electron chi connectivity index (χ1n) is 3.53. The quantitative estimate of drug-likeness (QED) is 0.651. The number of hydroxylamine groups is 1. The van der Waals surface area contributed by atoms with Gasteiger partial charge >= 0.3 is 5.91 Å². The van der Waals surface area contributed by atoms with Crippen LogP contribution in [0.4, 0.5) is 0 Å². The molecule has 1 N–H and O–H groups in total. The molecule has 0 aromatic carbocycles. The highest BCUT2D eigenvalue weighted by atomic mass is 16.6. The summed E-state index contributed by atoms with van der Waals surface area (Å²) in [7, 11) is 0. The Kier molecular flexibility index (Phi) is 3.16. The van der Waals surface area contributed by atoms with Crippen molar-refractivity contribution in [3.63, 3.8) is 0 Å². The topological polar surface area (TPSA) is 64.1 Å². The molecule has 5 nitrogen and oxygen atoms in total. The van der Waals surface area contributed by atoms with E-state index in [9.17, 15) is 4.79 Å². The maximum absolute atomic E-state index is 11.0. The molecule has 0 saturated heterocycles. The molecule has 1 amide bonds. The Labute approximate surface area is 69.7 Å². The van der Waals surface area contributed by atoms with E-state index < -0.39 is 5.91 Å². The number of amides is 1. The van der Waals surface area contributed by atoms with E-state index in [1.807, 2.05) is 0 Å². The standard InChI is InChI=1S/C7H9N3O2/c1-2-12-10-7(11)6-8-4-3-5-9-6/h3-5H,2H2,1H3,(H,10,11). The molecule has 0 bridgehead atoms. The SMILES string of the molecule is CCONC(=O)c1ncccn1. The van der Waals surface area contributed by atoms with Crippen LogP contribution in [0.15, 0.2) is 18.5 Å². The van der Waals surface area contributed by atoms with Crippen LogP contribution in [-0.4, -0.2) is 22.5 Å². The van der Waals surface area contributed by atoms with Gasteiger partial charge in [-0.15, -0.1) is 0 Å². The van der Waals surface area contributed by atoms with Gasteiger partial charge in [0.2, 0.25) is 5.82 Å². The van der Waals surface area contributed by atoms with Crippen molar-refractivity contribution >= 4 is 5.91 Å². The van der Waals surface area contributed by atoms with Gasteiger partial charge in [0.25, 0.3) is 0 Å². The second-order valence-electron chi connectivity index (χ2n) is 1.94. The predicted octanol–water partition coefficient (Wildman–Crippen LogP) is 0.158. The lowest BCUT2D eigenvalue weighted by molar-refractivity contribution is 0.0355. The van der Waals surface area contributed by atoms with Crippen LogP contribution in [0, 0.1) is 0 Å². The molecule has 64 valence electrons. The number of rotatable bonds is 3. The average molecular weight is 167 g/mol. The van der Waals surface area contributed by atoms with Crippen molar-refractivity contribution in [2.75, 3.05) is 6.61 Å². The lowest BCUT2D eigenvalue weighted by Gasteiger charge is -2.00. The first-order valence-corrected chi connectivity index (χ1v) is 3.53. The monoisotopic (exact) mass is 167 g/mol. The van der Waals surface area contributed by atoms with Gasteiger partial charge in [0.05, 0.1) is 6.61 Å². The Hall–Kier alpha value is -1.49. The van der Waals surface area contributed by atoms with Crippen LogP contribution in [0.25, 0.3) is 0 Å². The molecule has 12 heavy (non-hydrogen) atoms. The van der Waals surface area contributed by atoms with E-state index in [2.05, 4.69) is 20.3 Å². The Morgan fingerprint density at radius 2 is 2.25 bits per heavy atom. The van der Waals surface area contributed by atoms with E-state index >= 15 is 0 Å². The third kappa shape index (κ3) is 2.28. The highest BCUT2D eigenvalue weighted by molar-refractivity contribution is 5.89.